The summed E-state index contributed by atoms with van der Waals surface area (Å²) in [5.74, 6) is 0.763. The van der Waals surface area contributed by atoms with E-state index in [0.29, 0.717) is 17.2 Å². The monoisotopic (exact) mass is 423 g/mol. The van der Waals surface area contributed by atoms with Gasteiger partial charge in [0.2, 0.25) is 0 Å². The number of pyridine rings is 1. The Kier molecular flexibility index (Phi) is 4.58. The first-order chi connectivity index (χ1) is 15.7. The number of fused-ring (bicyclic) bond motifs is 1. The summed E-state index contributed by atoms with van der Waals surface area (Å²) in [6.07, 6.45) is 4.30. The Morgan fingerprint density at radius 1 is 0.969 bits per heavy atom. The lowest BCUT2D eigenvalue weighted by Gasteiger charge is -2.11. The fourth-order valence-corrected chi connectivity index (χ4v) is 3.29. The Labute approximate surface area is 179 Å². The van der Waals surface area contributed by atoms with Gasteiger partial charge in [-0.05, 0) is 42.5 Å². The molecule has 0 aliphatic carbocycles. The highest BCUT2D eigenvalue weighted by atomic mass is 16.3. The lowest BCUT2D eigenvalue weighted by molar-refractivity contribution is 0.558. The molecule has 0 radical (unpaired) electrons. The molecule has 0 spiro atoms. The van der Waals surface area contributed by atoms with E-state index in [4.69, 9.17) is 8.83 Å². The van der Waals surface area contributed by atoms with Gasteiger partial charge in [-0.1, -0.05) is 18.2 Å². The fourth-order valence-electron chi connectivity index (χ4n) is 3.29. The van der Waals surface area contributed by atoms with E-state index >= 15 is 0 Å². The summed E-state index contributed by atoms with van der Waals surface area (Å²) in [5, 5.41) is 18.4. The molecule has 5 aromatic rings. The van der Waals surface area contributed by atoms with Crippen LogP contribution < -0.4 is 11.1 Å². The zero-order valence-corrected chi connectivity index (χ0v) is 16.4. The quantitative estimate of drug-likeness (QED) is 0.410. The van der Waals surface area contributed by atoms with Gasteiger partial charge in [-0.2, -0.15) is 24.8 Å². The molecule has 4 aromatic heterocycles. The van der Waals surface area contributed by atoms with Crippen LogP contribution in [0.3, 0.4) is 0 Å². The Morgan fingerprint density at radius 2 is 1.75 bits per heavy atom. The van der Waals surface area contributed by atoms with Crippen molar-refractivity contribution in [2.75, 3.05) is 0 Å². The Balaban J connectivity index is 1.86. The minimum atomic E-state index is -0.632. The smallest absolute Gasteiger partial charge is 0.299 e. The Morgan fingerprint density at radius 3 is 2.44 bits per heavy atom. The van der Waals surface area contributed by atoms with Gasteiger partial charge < -0.3 is 8.83 Å². The molecule has 1 aromatic carbocycles. The van der Waals surface area contributed by atoms with Gasteiger partial charge in [0.15, 0.2) is 11.3 Å². The van der Waals surface area contributed by atoms with Gasteiger partial charge in [0.1, 0.15) is 23.1 Å². The van der Waals surface area contributed by atoms with Crippen LogP contribution in [0.1, 0.15) is 11.3 Å². The van der Waals surface area contributed by atoms with Crippen molar-refractivity contribution in [3.63, 3.8) is 0 Å². The van der Waals surface area contributed by atoms with Crippen molar-refractivity contribution in [1.29, 1.82) is 5.26 Å². The summed E-state index contributed by atoms with van der Waals surface area (Å²) in [7, 11) is 0. The number of aromatic nitrogens is 3. The molecule has 0 N–H and O–H groups in total. The van der Waals surface area contributed by atoms with Crippen LogP contribution in [0.5, 0.6) is 0 Å². The summed E-state index contributed by atoms with van der Waals surface area (Å²) in [5.41, 5.74) is -0.866. The van der Waals surface area contributed by atoms with E-state index in [1.807, 2.05) is 6.07 Å². The van der Waals surface area contributed by atoms with E-state index in [9.17, 15) is 14.9 Å². The maximum Gasteiger partial charge on any atom is 0.299 e. The highest BCUT2D eigenvalue weighted by Crippen LogP contribution is 2.23. The second-order valence-corrected chi connectivity index (χ2v) is 6.69. The van der Waals surface area contributed by atoms with Gasteiger partial charge in [0, 0.05) is 5.39 Å². The van der Waals surface area contributed by atoms with E-state index in [2.05, 4.69) is 10.2 Å². The van der Waals surface area contributed by atoms with Crippen LogP contribution in [0.15, 0.2) is 96.7 Å². The Bertz CT molecular complexity index is 1600. The normalized spacial score (nSPS) is 11.2. The van der Waals surface area contributed by atoms with Crippen molar-refractivity contribution < 1.29 is 8.83 Å². The molecule has 9 heteroatoms. The third kappa shape index (κ3) is 3.12. The van der Waals surface area contributed by atoms with Crippen LogP contribution >= 0.6 is 0 Å². The van der Waals surface area contributed by atoms with Crippen LogP contribution in [0.4, 0.5) is 0 Å². The number of rotatable bonds is 4. The first-order valence-electron chi connectivity index (χ1n) is 9.48. The van der Waals surface area contributed by atoms with Gasteiger partial charge in [-0.15, -0.1) is 0 Å². The molecule has 0 bridgehead atoms. The minimum absolute atomic E-state index is 0.0862. The molecule has 0 aliphatic rings. The number of para-hydroxylation sites is 1. The highest BCUT2D eigenvalue weighted by molar-refractivity contribution is 5.86. The summed E-state index contributed by atoms with van der Waals surface area (Å²) < 4.78 is 12.8. The molecule has 4 heterocycles. The molecule has 0 saturated carbocycles. The maximum absolute atomic E-state index is 13.5. The molecular weight excluding hydrogens is 410 g/mol. The number of hydrogen-bond acceptors (Lipinski definition) is 7. The van der Waals surface area contributed by atoms with E-state index in [-0.39, 0.29) is 22.2 Å². The predicted molar refractivity (Wildman–Crippen MR) is 116 cm³/mol. The lowest BCUT2D eigenvalue weighted by atomic mass is 10.1. The topological polar surface area (TPSA) is 119 Å². The van der Waals surface area contributed by atoms with Gasteiger partial charge in [-0.25, -0.2) is 0 Å². The molecule has 9 nitrogen and oxygen atoms in total. The van der Waals surface area contributed by atoms with Gasteiger partial charge >= 0.3 is 0 Å². The molecule has 0 atom stereocenters. The SMILES string of the molecule is N#Cc1c(=O)n(-c2ccccc2)nc2c(=O)n(N=Cc3ccco3)c(-c3ccco3)cc12. The van der Waals surface area contributed by atoms with Crippen LogP contribution in [-0.4, -0.2) is 20.7 Å². The number of benzene rings is 1. The molecule has 5 rings (SSSR count). The van der Waals surface area contributed by atoms with Crippen LogP contribution in [0.25, 0.3) is 28.0 Å². The fraction of sp³-hybridized carbons (Fsp3) is 0. The van der Waals surface area contributed by atoms with Crippen molar-refractivity contribution in [1.82, 2.24) is 14.5 Å². The number of furan rings is 2. The predicted octanol–water partition coefficient (Wildman–Crippen LogP) is 3.15. The standard InChI is InChI=1S/C23H13N5O4/c24-13-18-17-12-19(20-9-5-11-32-20)28(25-14-16-8-4-10-31-16)23(30)21(17)26-27(22(18)29)15-6-2-1-3-7-15/h1-12,14H. The summed E-state index contributed by atoms with van der Waals surface area (Å²) >= 11 is 0. The highest BCUT2D eigenvalue weighted by Gasteiger charge is 2.20. The lowest BCUT2D eigenvalue weighted by Crippen LogP contribution is -2.28. The average molecular weight is 423 g/mol. The average Bonchev–Trinajstić information content (AvgIpc) is 3.53. The van der Waals surface area contributed by atoms with E-state index in [1.165, 1.54) is 24.8 Å². The molecule has 0 amide bonds. The van der Waals surface area contributed by atoms with E-state index in [0.717, 1.165) is 9.36 Å². The molecule has 154 valence electrons. The van der Waals surface area contributed by atoms with E-state index in [1.54, 1.807) is 54.6 Å². The first-order valence-corrected chi connectivity index (χ1v) is 9.48. The third-order valence-electron chi connectivity index (χ3n) is 4.76. The minimum Gasteiger partial charge on any atom is -0.463 e. The second kappa shape index (κ2) is 7.70. The Hall–Kier alpha value is -4.97. The summed E-state index contributed by atoms with van der Waals surface area (Å²) in [6.45, 7) is 0. The van der Waals surface area contributed by atoms with Gasteiger partial charge in [0.25, 0.3) is 11.1 Å². The van der Waals surface area contributed by atoms with Crippen molar-refractivity contribution in [2.45, 2.75) is 0 Å². The van der Waals surface area contributed by atoms with Crippen molar-refractivity contribution in [3.8, 4) is 23.2 Å². The molecule has 0 fully saturated rings. The molecule has 0 aliphatic heterocycles. The maximum atomic E-state index is 13.5. The molecular formula is C23H13N5O4. The largest absolute Gasteiger partial charge is 0.463 e. The van der Waals surface area contributed by atoms with Crippen molar-refractivity contribution >= 4 is 17.1 Å². The van der Waals surface area contributed by atoms with Gasteiger partial charge in [0.05, 0.1) is 24.4 Å². The van der Waals surface area contributed by atoms with Crippen molar-refractivity contribution in [3.05, 3.63) is 105 Å². The van der Waals surface area contributed by atoms with Crippen molar-refractivity contribution in [2.24, 2.45) is 5.10 Å². The molecule has 32 heavy (non-hydrogen) atoms. The van der Waals surface area contributed by atoms with Crippen LogP contribution in [0.2, 0.25) is 0 Å². The van der Waals surface area contributed by atoms with Crippen LogP contribution in [-0.2, 0) is 0 Å². The molecule has 0 saturated heterocycles. The van der Waals surface area contributed by atoms with E-state index < -0.39 is 11.1 Å². The van der Waals surface area contributed by atoms with Crippen LogP contribution in [0, 0.1) is 11.3 Å². The third-order valence-corrected chi connectivity index (χ3v) is 4.76. The first kappa shape index (κ1) is 19.0. The zero-order valence-electron chi connectivity index (χ0n) is 16.4. The second-order valence-electron chi connectivity index (χ2n) is 6.69. The summed E-state index contributed by atoms with van der Waals surface area (Å²) in [6, 6.07) is 18.6. The number of hydrogen-bond donors (Lipinski definition) is 0. The number of nitrogens with zero attached hydrogens (tertiary/aromatic N) is 5. The zero-order chi connectivity index (χ0) is 22.1. The van der Waals surface area contributed by atoms with Gasteiger partial charge in [-0.3, -0.25) is 9.59 Å². The summed E-state index contributed by atoms with van der Waals surface area (Å²) in [4.78, 5) is 26.4. The number of nitriles is 1. The molecule has 0 unspecified atom stereocenters.